The van der Waals surface area contributed by atoms with Crippen LogP contribution in [0.4, 0.5) is 5.13 Å². The quantitative estimate of drug-likeness (QED) is 0.678. The highest BCUT2D eigenvalue weighted by Gasteiger charge is 2.18. The van der Waals surface area contributed by atoms with Gasteiger partial charge >= 0.3 is 0 Å². The topological polar surface area (TPSA) is 80.3 Å². The van der Waals surface area contributed by atoms with Gasteiger partial charge in [-0.3, -0.25) is 9.59 Å². The third-order valence-corrected chi connectivity index (χ3v) is 5.02. The molecule has 0 spiro atoms. The Morgan fingerprint density at radius 1 is 1.19 bits per heavy atom. The van der Waals surface area contributed by atoms with E-state index < -0.39 is 6.04 Å². The van der Waals surface area contributed by atoms with Crippen LogP contribution in [-0.4, -0.2) is 23.9 Å². The fourth-order valence-corrected chi connectivity index (χ4v) is 3.65. The van der Waals surface area contributed by atoms with Crippen molar-refractivity contribution in [2.24, 2.45) is 0 Å². The molecule has 0 aliphatic rings. The second-order valence-electron chi connectivity index (χ2n) is 6.27. The number of fused-ring (bicyclic) bond motifs is 1. The summed E-state index contributed by atoms with van der Waals surface area (Å²) in [5.41, 5.74) is 2.81. The minimum atomic E-state index is -0.391. The first-order valence-corrected chi connectivity index (χ1v) is 9.34. The average molecular weight is 383 g/mol. The summed E-state index contributed by atoms with van der Waals surface area (Å²) in [5, 5.41) is 6.19. The number of rotatable bonds is 6. The van der Waals surface area contributed by atoms with E-state index in [2.05, 4.69) is 15.6 Å². The van der Waals surface area contributed by atoms with Crippen molar-refractivity contribution in [3.63, 3.8) is 0 Å². The molecule has 1 unspecified atom stereocenters. The lowest BCUT2D eigenvalue weighted by Gasteiger charge is -2.18. The van der Waals surface area contributed by atoms with E-state index in [0.29, 0.717) is 5.13 Å². The second kappa shape index (κ2) is 8.18. The molecule has 0 saturated carbocycles. The number of thiazole rings is 1. The zero-order chi connectivity index (χ0) is 19.4. The van der Waals surface area contributed by atoms with Crippen molar-refractivity contribution in [3.8, 4) is 5.75 Å². The predicted molar refractivity (Wildman–Crippen MR) is 107 cm³/mol. The molecule has 0 fully saturated rings. The highest BCUT2D eigenvalue weighted by atomic mass is 32.1. The van der Waals surface area contributed by atoms with E-state index in [1.165, 1.54) is 18.3 Å². The summed E-state index contributed by atoms with van der Waals surface area (Å²) < 4.78 is 6.14. The van der Waals surface area contributed by atoms with Crippen LogP contribution in [0.1, 0.15) is 30.5 Å². The van der Waals surface area contributed by atoms with Gasteiger partial charge in [0.25, 0.3) is 0 Å². The van der Waals surface area contributed by atoms with Crippen LogP contribution in [0.5, 0.6) is 5.75 Å². The first-order valence-electron chi connectivity index (χ1n) is 8.52. The molecule has 140 valence electrons. The lowest BCUT2D eigenvalue weighted by atomic mass is 10.0. The van der Waals surface area contributed by atoms with Crippen LogP contribution in [0.3, 0.4) is 0 Å². The summed E-state index contributed by atoms with van der Waals surface area (Å²) in [7, 11) is 1.61. The number of nitrogens with one attached hydrogen (secondary N) is 2. The van der Waals surface area contributed by atoms with Crippen molar-refractivity contribution in [1.29, 1.82) is 0 Å². The average Bonchev–Trinajstić information content (AvgIpc) is 3.02. The number of anilines is 1. The molecule has 3 rings (SSSR count). The molecule has 0 aliphatic heterocycles. The summed E-state index contributed by atoms with van der Waals surface area (Å²) in [5.74, 6) is 0.356. The summed E-state index contributed by atoms with van der Waals surface area (Å²) >= 11 is 1.38. The molecule has 0 bridgehead atoms. The standard InChI is InChI=1S/C20H21N3O3S/c1-12-4-6-14(7-5-12)17(21-13(2)24)11-19(25)23-20-22-16-9-8-15(26-3)10-18(16)27-20/h4-10,17H,11H2,1-3H3,(H,21,24)(H,22,23,25). The number of hydrogen-bond acceptors (Lipinski definition) is 5. The number of amides is 2. The maximum atomic E-state index is 12.5. The maximum Gasteiger partial charge on any atom is 0.228 e. The number of nitrogens with zero attached hydrogens (tertiary/aromatic N) is 1. The molecule has 0 radical (unpaired) electrons. The fourth-order valence-electron chi connectivity index (χ4n) is 2.74. The number of hydrogen-bond donors (Lipinski definition) is 2. The van der Waals surface area contributed by atoms with E-state index in [9.17, 15) is 9.59 Å². The highest BCUT2D eigenvalue weighted by Crippen LogP contribution is 2.29. The Labute approximate surface area is 161 Å². The second-order valence-corrected chi connectivity index (χ2v) is 7.30. The number of methoxy groups -OCH3 is 1. The molecular weight excluding hydrogens is 362 g/mol. The van der Waals surface area contributed by atoms with Crippen LogP contribution >= 0.6 is 11.3 Å². The third-order valence-electron chi connectivity index (χ3n) is 4.09. The predicted octanol–water partition coefficient (Wildman–Crippen LogP) is 3.82. The van der Waals surface area contributed by atoms with E-state index in [-0.39, 0.29) is 18.2 Å². The van der Waals surface area contributed by atoms with Gasteiger partial charge in [-0.15, -0.1) is 0 Å². The smallest absolute Gasteiger partial charge is 0.228 e. The third kappa shape index (κ3) is 4.83. The summed E-state index contributed by atoms with van der Waals surface area (Å²) in [4.78, 5) is 28.5. The fraction of sp³-hybridized carbons (Fsp3) is 0.250. The Morgan fingerprint density at radius 2 is 1.93 bits per heavy atom. The minimum absolute atomic E-state index is 0.127. The Balaban J connectivity index is 1.73. The summed E-state index contributed by atoms with van der Waals surface area (Å²) in [6.07, 6.45) is 0.127. The van der Waals surface area contributed by atoms with Gasteiger partial charge in [0, 0.05) is 6.92 Å². The molecule has 1 atom stereocenters. The van der Waals surface area contributed by atoms with Gasteiger partial charge in [0.2, 0.25) is 11.8 Å². The Morgan fingerprint density at radius 3 is 2.59 bits per heavy atom. The molecule has 27 heavy (non-hydrogen) atoms. The van der Waals surface area contributed by atoms with Gasteiger partial charge in [-0.2, -0.15) is 0 Å². The van der Waals surface area contributed by atoms with Crippen molar-refractivity contribution >= 4 is 38.5 Å². The Kier molecular flexibility index (Phi) is 5.71. The van der Waals surface area contributed by atoms with E-state index >= 15 is 0 Å². The van der Waals surface area contributed by atoms with Crippen molar-refractivity contribution in [2.45, 2.75) is 26.3 Å². The van der Waals surface area contributed by atoms with Crippen LogP contribution in [0.15, 0.2) is 42.5 Å². The number of aryl methyl sites for hydroxylation is 1. The number of aromatic nitrogens is 1. The molecule has 1 heterocycles. The lowest BCUT2D eigenvalue weighted by molar-refractivity contribution is -0.120. The van der Waals surface area contributed by atoms with Gasteiger partial charge < -0.3 is 15.4 Å². The van der Waals surface area contributed by atoms with Crippen LogP contribution in [0.2, 0.25) is 0 Å². The lowest BCUT2D eigenvalue weighted by Crippen LogP contribution is -2.29. The number of carbonyl (C=O) groups is 2. The van der Waals surface area contributed by atoms with Crippen LogP contribution in [-0.2, 0) is 9.59 Å². The van der Waals surface area contributed by atoms with E-state index in [1.807, 2.05) is 49.4 Å². The molecule has 1 aromatic heterocycles. The molecule has 6 nitrogen and oxygen atoms in total. The first-order chi connectivity index (χ1) is 12.9. The van der Waals surface area contributed by atoms with Gasteiger partial charge in [-0.1, -0.05) is 41.2 Å². The largest absolute Gasteiger partial charge is 0.497 e. The van der Waals surface area contributed by atoms with Gasteiger partial charge in [0.1, 0.15) is 5.75 Å². The van der Waals surface area contributed by atoms with Crippen LogP contribution < -0.4 is 15.4 Å². The minimum Gasteiger partial charge on any atom is -0.497 e. The van der Waals surface area contributed by atoms with Gasteiger partial charge in [-0.25, -0.2) is 4.98 Å². The number of ether oxygens (including phenoxy) is 1. The van der Waals surface area contributed by atoms with E-state index in [4.69, 9.17) is 4.74 Å². The van der Waals surface area contributed by atoms with Crippen molar-refractivity contribution in [1.82, 2.24) is 10.3 Å². The van der Waals surface area contributed by atoms with Crippen molar-refractivity contribution < 1.29 is 14.3 Å². The maximum absolute atomic E-state index is 12.5. The summed E-state index contributed by atoms with van der Waals surface area (Å²) in [6, 6.07) is 12.9. The first kappa shape index (κ1) is 18.8. The number of carbonyl (C=O) groups excluding carboxylic acids is 2. The van der Waals surface area contributed by atoms with E-state index in [0.717, 1.165) is 27.1 Å². The van der Waals surface area contributed by atoms with Gasteiger partial charge in [0.15, 0.2) is 5.13 Å². The zero-order valence-corrected chi connectivity index (χ0v) is 16.2. The van der Waals surface area contributed by atoms with E-state index in [1.54, 1.807) is 7.11 Å². The normalized spacial score (nSPS) is 11.8. The Hall–Kier alpha value is -2.93. The van der Waals surface area contributed by atoms with Crippen LogP contribution in [0, 0.1) is 6.92 Å². The molecule has 2 aromatic carbocycles. The van der Waals surface area contributed by atoms with Gasteiger partial charge in [0.05, 0.1) is 29.8 Å². The monoisotopic (exact) mass is 383 g/mol. The summed E-state index contributed by atoms with van der Waals surface area (Å²) in [6.45, 7) is 3.44. The van der Waals surface area contributed by atoms with Crippen molar-refractivity contribution in [2.75, 3.05) is 12.4 Å². The zero-order valence-electron chi connectivity index (χ0n) is 15.4. The van der Waals surface area contributed by atoms with Gasteiger partial charge in [-0.05, 0) is 30.7 Å². The molecule has 2 amide bonds. The molecule has 7 heteroatoms. The molecule has 0 aliphatic carbocycles. The molecular formula is C20H21N3O3S. The SMILES string of the molecule is COc1ccc2nc(NC(=O)CC(NC(C)=O)c3ccc(C)cc3)sc2c1. The Bertz CT molecular complexity index is 966. The molecule has 0 saturated heterocycles. The van der Waals surface area contributed by atoms with Crippen molar-refractivity contribution in [3.05, 3.63) is 53.6 Å². The highest BCUT2D eigenvalue weighted by molar-refractivity contribution is 7.22. The molecule has 2 N–H and O–H groups in total. The molecule has 3 aromatic rings. The van der Waals surface area contributed by atoms with Crippen LogP contribution in [0.25, 0.3) is 10.2 Å². The number of benzene rings is 2.